The van der Waals surface area contributed by atoms with Gasteiger partial charge in [-0.2, -0.15) is 0 Å². The first-order valence-corrected chi connectivity index (χ1v) is 10.4. The molecule has 8 heteroatoms. The van der Waals surface area contributed by atoms with Gasteiger partial charge in [0.1, 0.15) is 11.2 Å². The summed E-state index contributed by atoms with van der Waals surface area (Å²) in [7, 11) is 0. The van der Waals surface area contributed by atoms with E-state index in [9.17, 15) is 14.7 Å². The van der Waals surface area contributed by atoms with Crippen LogP contribution in [0.1, 0.15) is 47.8 Å². The minimum atomic E-state index is -1.24. The van der Waals surface area contributed by atoms with Gasteiger partial charge in [0, 0.05) is 25.5 Å². The Labute approximate surface area is 177 Å². The van der Waals surface area contributed by atoms with E-state index >= 15 is 0 Å². The fourth-order valence-electron chi connectivity index (χ4n) is 4.47. The van der Waals surface area contributed by atoms with Crippen LogP contribution in [0.4, 0.5) is 5.82 Å². The SMILES string of the molecule is CC1(Cn2cc(C(=O)O)c(=O)c3cc(Cl)c(N4Cc5cccnc5C4)nc32)CCC1. The molecule has 1 fully saturated rings. The van der Waals surface area contributed by atoms with E-state index < -0.39 is 11.4 Å². The van der Waals surface area contributed by atoms with Crippen molar-refractivity contribution < 1.29 is 9.90 Å². The van der Waals surface area contributed by atoms with Gasteiger partial charge < -0.3 is 14.6 Å². The quantitative estimate of drug-likeness (QED) is 0.684. The number of rotatable bonds is 4. The molecule has 1 N–H and O–H groups in total. The van der Waals surface area contributed by atoms with E-state index in [1.807, 2.05) is 21.6 Å². The van der Waals surface area contributed by atoms with E-state index in [1.165, 1.54) is 6.20 Å². The fraction of sp³-hybridized carbons (Fsp3) is 0.364. The Balaban J connectivity index is 1.66. The summed E-state index contributed by atoms with van der Waals surface area (Å²) >= 11 is 6.53. The molecule has 5 rings (SSSR count). The molecule has 3 aromatic rings. The van der Waals surface area contributed by atoms with Crippen LogP contribution in [-0.2, 0) is 19.6 Å². The van der Waals surface area contributed by atoms with Crippen LogP contribution >= 0.6 is 11.6 Å². The summed E-state index contributed by atoms with van der Waals surface area (Å²) in [6.07, 6.45) is 6.49. The lowest BCUT2D eigenvalue weighted by Gasteiger charge is -2.39. The molecular formula is C22H21ClN4O3. The van der Waals surface area contributed by atoms with Gasteiger partial charge in [-0.05, 0) is 36.0 Å². The zero-order valence-electron chi connectivity index (χ0n) is 16.6. The maximum Gasteiger partial charge on any atom is 0.341 e. The van der Waals surface area contributed by atoms with Crippen LogP contribution in [0.5, 0.6) is 0 Å². The smallest absolute Gasteiger partial charge is 0.341 e. The summed E-state index contributed by atoms with van der Waals surface area (Å²) in [5.41, 5.74) is 1.84. The summed E-state index contributed by atoms with van der Waals surface area (Å²) in [5, 5.41) is 10.1. The highest BCUT2D eigenvalue weighted by molar-refractivity contribution is 6.33. The Kier molecular flexibility index (Phi) is 4.32. The lowest BCUT2D eigenvalue weighted by atomic mass is 9.70. The molecule has 0 unspecified atom stereocenters. The Morgan fingerprint density at radius 2 is 2.13 bits per heavy atom. The lowest BCUT2D eigenvalue weighted by Crippen LogP contribution is -2.32. The Morgan fingerprint density at radius 1 is 1.33 bits per heavy atom. The number of aromatic carboxylic acids is 1. The van der Waals surface area contributed by atoms with Gasteiger partial charge in [-0.15, -0.1) is 0 Å². The normalized spacial score (nSPS) is 17.1. The molecule has 0 bridgehead atoms. The van der Waals surface area contributed by atoms with E-state index in [2.05, 4.69) is 11.9 Å². The van der Waals surface area contributed by atoms with Gasteiger partial charge in [-0.25, -0.2) is 9.78 Å². The number of carbonyl (C=O) groups is 1. The van der Waals surface area contributed by atoms with Gasteiger partial charge in [-0.1, -0.05) is 31.0 Å². The second-order valence-electron chi connectivity index (χ2n) is 8.60. The molecule has 30 heavy (non-hydrogen) atoms. The Morgan fingerprint density at radius 3 is 2.80 bits per heavy atom. The third kappa shape index (κ3) is 3.04. The second-order valence-corrected chi connectivity index (χ2v) is 9.01. The molecule has 0 amide bonds. The van der Waals surface area contributed by atoms with Crippen molar-refractivity contribution in [3.63, 3.8) is 0 Å². The standard InChI is InChI=1S/C22H21ClN4O3/c1-22(5-3-6-22)12-27-10-15(21(29)30)18(28)14-8-16(23)20(25-19(14)27)26-9-13-4-2-7-24-17(13)11-26/h2,4,7-8,10H,3,5-6,9,11-12H2,1H3,(H,29,30). The number of aromatic nitrogens is 3. The zero-order chi connectivity index (χ0) is 21.0. The molecule has 0 saturated heterocycles. The molecule has 0 atom stereocenters. The molecule has 154 valence electrons. The third-order valence-electron chi connectivity index (χ3n) is 6.31. The van der Waals surface area contributed by atoms with Crippen LogP contribution in [0.15, 0.2) is 35.4 Å². The van der Waals surface area contributed by atoms with Crippen LogP contribution in [0.2, 0.25) is 5.02 Å². The number of pyridine rings is 3. The third-order valence-corrected chi connectivity index (χ3v) is 6.59. The van der Waals surface area contributed by atoms with Gasteiger partial charge in [0.05, 0.1) is 22.6 Å². The molecule has 0 aromatic carbocycles. The molecule has 1 saturated carbocycles. The van der Waals surface area contributed by atoms with Crippen molar-refractivity contribution >= 4 is 34.4 Å². The van der Waals surface area contributed by atoms with Gasteiger partial charge in [0.25, 0.3) is 0 Å². The number of fused-ring (bicyclic) bond motifs is 2. The predicted molar refractivity (Wildman–Crippen MR) is 114 cm³/mol. The van der Waals surface area contributed by atoms with Crippen molar-refractivity contribution in [3.8, 4) is 0 Å². The summed E-state index contributed by atoms with van der Waals surface area (Å²) in [5.74, 6) is -0.659. The van der Waals surface area contributed by atoms with Gasteiger partial charge in [0.2, 0.25) is 5.43 Å². The maximum absolute atomic E-state index is 12.8. The van der Waals surface area contributed by atoms with Crippen molar-refractivity contribution in [2.24, 2.45) is 5.41 Å². The maximum atomic E-state index is 12.8. The van der Waals surface area contributed by atoms with Crippen LogP contribution in [0.25, 0.3) is 11.0 Å². The van der Waals surface area contributed by atoms with Crippen LogP contribution < -0.4 is 10.3 Å². The van der Waals surface area contributed by atoms with Crippen molar-refractivity contribution in [2.45, 2.75) is 45.8 Å². The molecule has 2 aliphatic rings. The summed E-state index contributed by atoms with van der Waals surface area (Å²) in [6, 6.07) is 5.50. The molecule has 1 aliphatic heterocycles. The largest absolute Gasteiger partial charge is 0.477 e. The average Bonchev–Trinajstić information content (AvgIpc) is 3.12. The number of nitrogens with zero attached hydrogens (tertiary/aromatic N) is 4. The molecule has 1 aliphatic carbocycles. The van der Waals surface area contributed by atoms with Crippen LogP contribution in [0.3, 0.4) is 0 Å². The van der Waals surface area contributed by atoms with Crippen molar-refractivity contribution in [1.82, 2.24) is 14.5 Å². The zero-order valence-corrected chi connectivity index (χ0v) is 17.3. The van der Waals surface area contributed by atoms with Gasteiger partial charge >= 0.3 is 5.97 Å². The number of halogens is 1. The Bertz CT molecular complexity index is 1220. The number of hydrogen-bond acceptors (Lipinski definition) is 5. The molecule has 0 spiro atoms. The first-order chi connectivity index (χ1) is 14.3. The topological polar surface area (TPSA) is 88.3 Å². The summed E-state index contributed by atoms with van der Waals surface area (Å²) in [4.78, 5) is 35.7. The first-order valence-electron chi connectivity index (χ1n) is 9.99. The molecule has 0 radical (unpaired) electrons. The number of anilines is 1. The molecule has 4 heterocycles. The minimum Gasteiger partial charge on any atom is -0.477 e. The predicted octanol–water partition coefficient (Wildman–Crippen LogP) is 3.85. The van der Waals surface area contributed by atoms with E-state index in [0.29, 0.717) is 36.1 Å². The number of carboxylic acids is 1. The summed E-state index contributed by atoms with van der Waals surface area (Å²) in [6.45, 7) is 4.01. The Hall–Kier alpha value is -2.93. The highest BCUT2D eigenvalue weighted by atomic mass is 35.5. The van der Waals surface area contributed by atoms with E-state index in [0.717, 1.165) is 30.5 Å². The minimum absolute atomic E-state index is 0.0764. The highest BCUT2D eigenvalue weighted by Gasteiger charge is 2.33. The molecular weight excluding hydrogens is 404 g/mol. The van der Waals surface area contributed by atoms with Gasteiger partial charge in [0.15, 0.2) is 5.82 Å². The van der Waals surface area contributed by atoms with Gasteiger partial charge in [-0.3, -0.25) is 9.78 Å². The number of hydrogen-bond donors (Lipinski definition) is 1. The van der Waals surface area contributed by atoms with Crippen molar-refractivity contribution in [2.75, 3.05) is 4.90 Å². The molecule has 3 aromatic heterocycles. The van der Waals surface area contributed by atoms with Crippen LogP contribution in [0, 0.1) is 5.41 Å². The van der Waals surface area contributed by atoms with E-state index in [4.69, 9.17) is 16.6 Å². The second kappa shape index (κ2) is 6.80. The monoisotopic (exact) mass is 424 g/mol. The lowest BCUT2D eigenvalue weighted by molar-refractivity contribution is 0.0693. The van der Waals surface area contributed by atoms with E-state index in [-0.39, 0.29) is 16.4 Å². The average molecular weight is 425 g/mol. The molecule has 7 nitrogen and oxygen atoms in total. The van der Waals surface area contributed by atoms with Crippen LogP contribution in [-0.4, -0.2) is 25.6 Å². The first kappa shape index (κ1) is 19.1. The van der Waals surface area contributed by atoms with E-state index in [1.54, 1.807) is 12.3 Å². The highest BCUT2D eigenvalue weighted by Crippen LogP contribution is 2.42. The van der Waals surface area contributed by atoms with Crippen molar-refractivity contribution in [1.29, 1.82) is 0 Å². The van der Waals surface area contributed by atoms with Crippen molar-refractivity contribution in [3.05, 3.63) is 62.7 Å². The fourth-order valence-corrected chi connectivity index (χ4v) is 4.74. The summed E-state index contributed by atoms with van der Waals surface area (Å²) < 4.78 is 1.82. The number of carboxylic acid groups (broad SMARTS) is 1.